The lowest BCUT2D eigenvalue weighted by atomic mass is 9.80. The summed E-state index contributed by atoms with van der Waals surface area (Å²) in [6.45, 7) is 1.94. The van der Waals surface area contributed by atoms with Crippen molar-refractivity contribution >= 4 is 6.03 Å². The molecule has 1 saturated heterocycles. The van der Waals surface area contributed by atoms with Crippen LogP contribution in [0.25, 0.3) is 0 Å². The number of urea groups is 1. The summed E-state index contributed by atoms with van der Waals surface area (Å²) < 4.78 is 0. The summed E-state index contributed by atoms with van der Waals surface area (Å²) in [6, 6.07) is 0.449. The fourth-order valence-electron chi connectivity index (χ4n) is 3.96. The summed E-state index contributed by atoms with van der Waals surface area (Å²) in [5.74, 6) is 0.846. The van der Waals surface area contributed by atoms with Crippen LogP contribution in [0.1, 0.15) is 51.4 Å². The average Bonchev–Trinajstić information content (AvgIpc) is 2.97. The molecular weight excluding hydrogens is 226 g/mol. The quantitative estimate of drug-likeness (QED) is 0.716. The molecule has 2 bridgehead atoms. The zero-order valence-corrected chi connectivity index (χ0v) is 11.1. The number of hydrogen-bond donors (Lipinski definition) is 3. The van der Waals surface area contributed by atoms with Crippen molar-refractivity contribution in [1.29, 1.82) is 0 Å². The fraction of sp³-hybridized carbons (Fsp3) is 0.929. The number of amides is 2. The van der Waals surface area contributed by atoms with Crippen LogP contribution < -0.4 is 16.0 Å². The zero-order valence-electron chi connectivity index (χ0n) is 11.1. The first kappa shape index (κ1) is 12.3. The highest BCUT2D eigenvalue weighted by atomic mass is 16.2. The zero-order chi connectivity index (χ0) is 12.4. The maximum absolute atomic E-state index is 11.9. The van der Waals surface area contributed by atoms with E-state index in [0.29, 0.717) is 6.04 Å². The molecule has 3 N–H and O–H groups in total. The van der Waals surface area contributed by atoms with Gasteiger partial charge in [0.1, 0.15) is 0 Å². The number of carbonyl (C=O) groups excluding carboxylic acids is 1. The number of rotatable bonds is 3. The summed E-state index contributed by atoms with van der Waals surface area (Å²) in [5.41, 5.74) is 0.204. The maximum Gasteiger partial charge on any atom is 0.315 e. The molecule has 4 heteroatoms. The van der Waals surface area contributed by atoms with Gasteiger partial charge in [0.15, 0.2) is 0 Å². The van der Waals surface area contributed by atoms with Gasteiger partial charge in [-0.2, -0.15) is 0 Å². The third-order valence-electron chi connectivity index (χ3n) is 4.99. The predicted octanol–water partition coefficient (Wildman–Crippen LogP) is 1.76. The van der Waals surface area contributed by atoms with Crippen molar-refractivity contribution in [3.05, 3.63) is 0 Å². The Morgan fingerprint density at radius 3 is 2.89 bits per heavy atom. The fourth-order valence-corrected chi connectivity index (χ4v) is 3.96. The van der Waals surface area contributed by atoms with Gasteiger partial charge in [0, 0.05) is 18.1 Å². The smallest absolute Gasteiger partial charge is 0.315 e. The van der Waals surface area contributed by atoms with Gasteiger partial charge in [-0.05, 0) is 44.6 Å². The second-order valence-electron chi connectivity index (χ2n) is 6.43. The minimum Gasteiger partial charge on any atom is -0.336 e. The summed E-state index contributed by atoms with van der Waals surface area (Å²) in [4.78, 5) is 11.9. The van der Waals surface area contributed by atoms with E-state index in [4.69, 9.17) is 0 Å². The molecule has 18 heavy (non-hydrogen) atoms. The van der Waals surface area contributed by atoms with Crippen molar-refractivity contribution in [2.24, 2.45) is 5.92 Å². The van der Waals surface area contributed by atoms with Crippen LogP contribution in [-0.4, -0.2) is 30.7 Å². The lowest BCUT2D eigenvalue weighted by molar-refractivity contribution is 0.225. The van der Waals surface area contributed by atoms with Gasteiger partial charge in [-0.25, -0.2) is 4.79 Å². The van der Waals surface area contributed by atoms with Gasteiger partial charge in [-0.15, -0.1) is 0 Å². The Hall–Kier alpha value is -0.770. The topological polar surface area (TPSA) is 53.2 Å². The minimum absolute atomic E-state index is 0.0344. The van der Waals surface area contributed by atoms with Gasteiger partial charge in [-0.1, -0.05) is 19.3 Å². The van der Waals surface area contributed by atoms with Crippen molar-refractivity contribution in [3.8, 4) is 0 Å². The molecule has 0 aromatic carbocycles. The standard InChI is InChI=1S/C14H25N3O/c18-13(17-12-5-1-2-6-12)15-10-14-7-3-4-11(8-14)9-16-14/h11-12,16H,1-10H2,(H2,15,17,18). The van der Waals surface area contributed by atoms with E-state index in [1.54, 1.807) is 0 Å². The van der Waals surface area contributed by atoms with E-state index >= 15 is 0 Å². The van der Waals surface area contributed by atoms with Gasteiger partial charge >= 0.3 is 6.03 Å². The Bertz CT molecular complexity index is 310. The molecular formula is C14H25N3O. The normalized spacial score (nSPS) is 35.7. The molecule has 0 aromatic rings. The first-order valence-electron chi connectivity index (χ1n) is 7.55. The van der Waals surface area contributed by atoms with Gasteiger partial charge in [-0.3, -0.25) is 0 Å². The summed E-state index contributed by atoms with van der Waals surface area (Å²) in [7, 11) is 0. The third kappa shape index (κ3) is 2.63. The van der Waals surface area contributed by atoms with E-state index in [1.807, 2.05) is 0 Å². The molecule has 2 amide bonds. The Balaban J connectivity index is 1.44. The van der Waals surface area contributed by atoms with E-state index < -0.39 is 0 Å². The van der Waals surface area contributed by atoms with E-state index in [0.717, 1.165) is 31.8 Å². The molecule has 1 heterocycles. The van der Waals surface area contributed by atoms with Crippen molar-refractivity contribution < 1.29 is 4.79 Å². The highest BCUT2D eigenvalue weighted by molar-refractivity contribution is 5.74. The van der Waals surface area contributed by atoms with Crippen LogP contribution in [0.3, 0.4) is 0 Å². The monoisotopic (exact) mass is 251 g/mol. The molecule has 4 nitrogen and oxygen atoms in total. The number of fused-ring (bicyclic) bond motifs is 2. The molecule has 2 unspecified atom stereocenters. The van der Waals surface area contributed by atoms with Crippen LogP contribution in [0.5, 0.6) is 0 Å². The van der Waals surface area contributed by atoms with Crippen LogP contribution in [0.15, 0.2) is 0 Å². The van der Waals surface area contributed by atoms with Crippen LogP contribution in [-0.2, 0) is 0 Å². The van der Waals surface area contributed by atoms with Crippen molar-refractivity contribution in [2.75, 3.05) is 13.1 Å². The molecule has 1 aliphatic heterocycles. The van der Waals surface area contributed by atoms with E-state index in [-0.39, 0.29) is 11.6 Å². The van der Waals surface area contributed by atoms with E-state index in [1.165, 1.54) is 38.5 Å². The van der Waals surface area contributed by atoms with Crippen LogP contribution in [0, 0.1) is 5.92 Å². The van der Waals surface area contributed by atoms with Crippen LogP contribution >= 0.6 is 0 Å². The lowest BCUT2D eigenvalue weighted by Crippen LogP contribution is -2.53. The molecule has 3 rings (SSSR count). The van der Waals surface area contributed by atoms with Crippen LogP contribution in [0.4, 0.5) is 4.79 Å². The van der Waals surface area contributed by atoms with Gasteiger partial charge in [0.25, 0.3) is 0 Å². The molecule has 2 atom stereocenters. The van der Waals surface area contributed by atoms with E-state index in [9.17, 15) is 4.79 Å². The Morgan fingerprint density at radius 1 is 1.22 bits per heavy atom. The van der Waals surface area contributed by atoms with Crippen LogP contribution in [0.2, 0.25) is 0 Å². The SMILES string of the molecule is O=C(NCC12CCCC(CN1)C2)NC1CCCC1. The van der Waals surface area contributed by atoms with Crippen molar-refractivity contribution in [2.45, 2.75) is 62.9 Å². The summed E-state index contributed by atoms with van der Waals surface area (Å²) in [5, 5.41) is 9.82. The third-order valence-corrected chi connectivity index (χ3v) is 4.99. The highest BCUT2D eigenvalue weighted by Crippen LogP contribution is 2.36. The first-order chi connectivity index (χ1) is 8.76. The molecule has 0 radical (unpaired) electrons. The number of hydrogen-bond acceptors (Lipinski definition) is 2. The predicted molar refractivity (Wildman–Crippen MR) is 71.5 cm³/mol. The molecule has 102 valence electrons. The Labute approximate surface area is 109 Å². The lowest BCUT2D eigenvalue weighted by Gasteiger charge is -2.33. The Morgan fingerprint density at radius 2 is 2.06 bits per heavy atom. The van der Waals surface area contributed by atoms with Gasteiger partial charge in [0.2, 0.25) is 0 Å². The largest absolute Gasteiger partial charge is 0.336 e. The van der Waals surface area contributed by atoms with Crippen molar-refractivity contribution in [3.63, 3.8) is 0 Å². The average molecular weight is 251 g/mol. The molecule has 3 aliphatic rings. The second-order valence-corrected chi connectivity index (χ2v) is 6.43. The molecule has 3 fully saturated rings. The minimum atomic E-state index is 0.0344. The summed E-state index contributed by atoms with van der Waals surface area (Å²) in [6.07, 6.45) is 9.96. The molecule has 2 saturated carbocycles. The summed E-state index contributed by atoms with van der Waals surface area (Å²) >= 11 is 0. The molecule has 0 spiro atoms. The molecule has 2 aliphatic carbocycles. The highest BCUT2D eigenvalue weighted by Gasteiger charge is 2.41. The number of nitrogens with one attached hydrogen (secondary N) is 3. The maximum atomic E-state index is 11.9. The second kappa shape index (κ2) is 5.08. The first-order valence-corrected chi connectivity index (χ1v) is 7.55. The van der Waals surface area contributed by atoms with Gasteiger partial charge < -0.3 is 16.0 Å². The van der Waals surface area contributed by atoms with Crippen molar-refractivity contribution in [1.82, 2.24) is 16.0 Å². The Kier molecular flexibility index (Phi) is 3.46. The molecule has 0 aromatic heterocycles. The van der Waals surface area contributed by atoms with Gasteiger partial charge in [0.05, 0.1) is 0 Å². The number of carbonyl (C=O) groups is 1. The van der Waals surface area contributed by atoms with E-state index in [2.05, 4.69) is 16.0 Å².